The lowest BCUT2D eigenvalue weighted by Gasteiger charge is -2.18. The van der Waals surface area contributed by atoms with Gasteiger partial charge in [-0.05, 0) is 25.9 Å². The van der Waals surface area contributed by atoms with Crippen molar-refractivity contribution in [3.05, 3.63) is 0 Å². The third-order valence-corrected chi connectivity index (χ3v) is 3.45. The smallest absolute Gasteiger partial charge is 0.224 e. The first-order chi connectivity index (χ1) is 7.66. The summed E-state index contributed by atoms with van der Waals surface area (Å²) in [5.41, 5.74) is 0. The van der Waals surface area contributed by atoms with E-state index >= 15 is 0 Å². The summed E-state index contributed by atoms with van der Waals surface area (Å²) in [5.74, 6) is 0.0440. The monoisotopic (exact) mass is 228 g/mol. The van der Waals surface area contributed by atoms with E-state index in [9.17, 15) is 15.0 Å². The maximum atomic E-state index is 11.8. The Morgan fingerprint density at radius 1 is 1.12 bits per heavy atom. The van der Waals surface area contributed by atoms with Crippen molar-refractivity contribution in [3.63, 3.8) is 0 Å². The van der Waals surface area contributed by atoms with Gasteiger partial charge in [-0.15, -0.1) is 0 Å². The van der Waals surface area contributed by atoms with Gasteiger partial charge in [-0.3, -0.25) is 4.79 Å². The largest absolute Gasteiger partial charge is 0.388 e. The Balaban J connectivity index is 1.71. The van der Waals surface area contributed by atoms with Crippen LogP contribution in [0.4, 0.5) is 0 Å². The molecular weight excluding hydrogens is 208 g/mol. The molecule has 0 aromatic carbocycles. The van der Waals surface area contributed by atoms with Crippen LogP contribution < -0.4 is 0 Å². The highest BCUT2D eigenvalue weighted by Gasteiger charge is 2.32. The SMILES string of the molecule is O=C(CCN1CCCC1)N1C[C@@H](O)[C@@H](O)C1. The van der Waals surface area contributed by atoms with E-state index in [4.69, 9.17) is 0 Å². The van der Waals surface area contributed by atoms with Crippen molar-refractivity contribution >= 4 is 5.91 Å². The third-order valence-electron chi connectivity index (χ3n) is 3.45. The summed E-state index contributed by atoms with van der Waals surface area (Å²) in [6.07, 6.45) is 1.43. The van der Waals surface area contributed by atoms with E-state index in [0.717, 1.165) is 19.6 Å². The summed E-state index contributed by atoms with van der Waals surface area (Å²) < 4.78 is 0. The van der Waals surface area contributed by atoms with Gasteiger partial charge in [0.25, 0.3) is 0 Å². The lowest BCUT2D eigenvalue weighted by Crippen LogP contribution is -2.33. The Morgan fingerprint density at radius 2 is 1.69 bits per heavy atom. The summed E-state index contributed by atoms with van der Waals surface area (Å²) in [7, 11) is 0. The number of β-amino-alcohol motifs (C(OH)–C–C–N with tert-alkyl or cyclic N) is 2. The van der Waals surface area contributed by atoms with Crippen molar-refractivity contribution in [1.82, 2.24) is 9.80 Å². The van der Waals surface area contributed by atoms with Gasteiger partial charge >= 0.3 is 0 Å². The summed E-state index contributed by atoms with van der Waals surface area (Å²) in [6.45, 7) is 3.55. The van der Waals surface area contributed by atoms with Gasteiger partial charge < -0.3 is 20.0 Å². The molecule has 5 nitrogen and oxygen atoms in total. The number of amides is 1. The molecule has 2 atom stereocenters. The fourth-order valence-electron chi connectivity index (χ4n) is 2.39. The molecule has 1 amide bonds. The van der Waals surface area contributed by atoms with Gasteiger partial charge in [0.15, 0.2) is 0 Å². The molecule has 0 spiro atoms. The number of hydrogen-bond donors (Lipinski definition) is 2. The van der Waals surface area contributed by atoms with Crippen LogP contribution in [0, 0.1) is 0 Å². The number of aliphatic hydroxyl groups is 2. The number of aliphatic hydroxyl groups excluding tert-OH is 2. The van der Waals surface area contributed by atoms with Crippen LogP contribution in [0.25, 0.3) is 0 Å². The lowest BCUT2D eigenvalue weighted by molar-refractivity contribution is -0.131. The molecule has 2 heterocycles. The zero-order valence-corrected chi connectivity index (χ0v) is 9.51. The highest BCUT2D eigenvalue weighted by molar-refractivity contribution is 5.76. The van der Waals surface area contributed by atoms with Gasteiger partial charge in [-0.1, -0.05) is 0 Å². The van der Waals surface area contributed by atoms with E-state index in [1.807, 2.05) is 0 Å². The number of carbonyl (C=O) groups is 1. The van der Waals surface area contributed by atoms with E-state index in [0.29, 0.717) is 6.42 Å². The van der Waals surface area contributed by atoms with Gasteiger partial charge in [0.1, 0.15) is 0 Å². The predicted octanol–water partition coefficient (Wildman–Crippen LogP) is -0.964. The molecule has 2 aliphatic rings. The average Bonchev–Trinajstić information content (AvgIpc) is 2.86. The number of likely N-dealkylation sites (tertiary alicyclic amines) is 2. The normalized spacial score (nSPS) is 31.2. The third kappa shape index (κ3) is 2.72. The van der Waals surface area contributed by atoms with Crippen LogP contribution in [0.3, 0.4) is 0 Å². The molecule has 0 saturated carbocycles. The van der Waals surface area contributed by atoms with Crippen LogP contribution in [0.2, 0.25) is 0 Å². The molecule has 2 fully saturated rings. The number of carbonyl (C=O) groups excluding carboxylic acids is 1. The number of nitrogens with zero attached hydrogens (tertiary/aromatic N) is 2. The molecule has 2 aliphatic heterocycles. The van der Waals surface area contributed by atoms with Gasteiger partial charge in [0.05, 0.1) is 12.2 Å². The molecule has 5 heteroatoms. The molecule has 0 unspecified atom stereocenters. The van der Waals surface area contributed by atoms with Crippen molar-refractivity contribution in [1.29, 1.82) is 0 Å². The van der Waals surface area contributed by atoms with E-state index in [1.165, 1.54) is 12.8 Å². The van der Waals surface area contributed by atoms with Crippen molar-refractivity contribution in [2.45, 2.75) is 31.5 Å². The van der Waals surface area contributed by atoms with Gasteiger partial charge in [-0.25, -0.2) is 0 Å². The van der Waals surface area contributed by atoms with Gasteiger partial charge in [-0.2, -0.15) is 0 Å². The Kier molecular flexibility index (Phi) is 3.78. The first-order valence-corrected chi connectivity index (χ1v) is 6.03. The minimum absolute atomic E-state index is 0.0440. The summed E-state index contributed by atoms with van der Waals surface area (Å²) in [6, 6.07) is 0. The van der Waals surface area contributed by atoms with Crippen molar-refractivity contribution in [3.8, 4) is 0 Å². The average molecular weight is 228 g/mol. The van der Waals surface area contributed by atoms with E-state index in [2.05, 4.69) is 4.90 Å². The Labute approximate surface area is 95.6 Å². The highest BCUT2D eigenvalue weighted by Crippen LogP contribution is 2.13. The molecule has 0 aliphatic carbocycles. The minimum Gasteiger partial charge on any atom is -0.388 e. The molecule has 2 saturated heterocycles. The lowest BCUT2D eigenvalue weighted by atomic mass is 10.3. The van der Waals surface area contributed by atoms with E-state index < -0.39 is 12.2 Å². The second kappa shape index (κ2) is 5.12. The van der Waals surface area contributed by atoms with Crippen molar-refractivity contribution in [2.24, 2.45) is 0 Å². The van der Waals surface area contributed by atoms with Crippen molar-refractivity contribution in [2.75, 3.05) is 32.7 Å². The fourth-order valence-corrected chi connectivity index (χ4v) is 2.39. The molecule has 2 N–H and O–H groups in total. The van der Waals surface area contributed by atoms with Crippen LogP contribution in [-0.2, 0) is 4.79 Å². The molecule has 0 aromatic rings. The molecule has 0 bridgehead atoms. The van der Waals surface area contributed by atoms with Crippen LogP contribution in [-0.4, -0.2) is 70.9 Å². The molecule has 0 aromatic heterocycles. The quantitative estimate of drug-likeness (QED) is 0.653. The minimum atomic E-state index is -0.768. The molecule has 92 valence electrons. The van der Waals surface area contributed by atoms with Crippen LogP contribution in [0.1, 0.15) is 19.3 Å². The number of rotatable bonds is 3. The second-order valence-corrected chi connectivity index (χ2v) is 4.73. The maximum absolute atomic E-state index is 11.8. The van der Waals surface area contributed by atoms with Crippen LogP contribution in [0.5, 0.6) is 0 Å². The summed E-state index contributed by atoms with van der Waals surface area (Å²) in [5, 5.41) is 18.7. The zero-order valence-electron chi connectivity index (χ0n) is 9.51. The molecule has 0 radical (unpaired) electrons. The standard InChI is InChI=1S/C11H20N2O3/c14-9-7-13(8-10(9)15)11(16)3-6-12-4-1-2-5-12/h9-10,14-15H,1-8H2/t9-,10+. The molecular formula is C11H20N2O3. The predicted molar refractivity (Wildman–Crippen MR) is 58.9 cm³/mol. The Hall–Kier alpha value is -0.650. The maximum Gasteiger partial charge on any atom is 0.224 e. The van der Waals surface area contributed by atoms with Crippen LogP contribution >= 0.6 is 0 Å². The first-order valence-electron chi connectivity index (χ1n) is 6.03. The first kappa shape index (κ1) is 11.8. The fraction of sp³-hybridized carbons (Fsp3) is 0.909. The topological polar surface area (TPSA) is 64.0 Å². The summed E-state index contributed by atoms with van der Waals surface area (Å²) in [4.78, 5) is 15.6. The Bertz CT molecular complexity index is 244. The zero-order chi connectivity index (χ0) is 11.5. The van der Waals surface area contributed by atoms with Crippen molar-refractivity contribution < 1.29 is 15.0 Å². The summed E-state index contributed by atoms with van der Waals surface area (Å²) >= 11 is 0. The second-order valence-electron chi connectivity index (χ2n) is 4.73. The molecule has 16 heavy (non-hydrogen) atoms. The number of hydrogen-bond acceptors (Lipinski definition) is 4. The van der Waals surface area contributed by atoms with E-state index in [-0.39, 0.29) is 19.0 Å². The Morgan fingerprint density at radius 3 is 2.25 bits per heavy atom. The van der Waals surface area contributed by atoms with Gasteiger partial charge in [0, 0.05) is 26.1 Å². The molecule has 2 rings (SSSR count). The van der Waals surface area contributed by atoms with Gasteiger partial charge in [0.2, 0.25) is 5.91 Å². The highest BCUT2D eigenvalue weighted by atomic mass is 16.3. The van der Waals surface area contributed by atoms with Crippen LogP contribution in [0.15, 0.2) is 0 Å². The van der Waals surface area contributed by atoms with E-state index in [1.54, 1.807) is 4.90 Å².